The number of hydroxylamine groups is 2. The van der Waals surface area contributed by atoms with E-state index in [-0.39, 0.29) is 11.8 Å². The molecule has 0 aromatic heterocycles. The Bertz CT molecular complexity index is 205. The minimum absolute atomic E-state index is 0.278. The average Bonchev–Trinajstić information content (AvgIpc) is 2.16. The van der Waals surface area contributed by atoms with E-state index < -0.39 is 11.8 Å². The summed E-state index contributed by atoms with van der Waals surface area (Å²) in [5.41, 5.74) is 4.04. The molecule has 0 saturated heterocycles. The second kappa shape index (κ2) is 8.06. The minimum atomic E-state index is -0.871. The highest BCUT2D eigenvalue weighted by molar-refractivity contribution is 6.34. The van der Waals surface area contributed by atoms with Gasteiger partial charge in [-0.1, -0.05) is 27.7 Å². The van der Waals surface area contributed by atoms with Gasteiger partial charge in [-0.25, -0.2) is 11.0 Å². The fourth-order valence-corrected chi connectivity index (χ4v) is 0.640. The van der Waals surface area contributed by atoms with E-state index in [0.29, 0.717) is 13.2 Å². The number of hydrogen-bond acceptors (Lipinski definition) is 4. The first-order chi connectivity index (χ1) is 7.43. The molecule has 0 heterocycles. The maximum atomic E-state index is 11.1. The van der Waals surface area contributed by atoms with Crippen LogP contribution in [-0.2, 0) is 19.3 Å². The summed E-state index contributed by atoms with van der Waals surface area (Å²) in [6.07, 6.45) is 0. The highest BCUT2D eigenvalue weighted by atomic mass is 16.7. The van der Waals surface area contributed by atoms with Gasteiger partial charge in [0.25, 0.3) is 0 Å². The smallest absolute Gasteiger partial charge is 0.273 e. The van der Waals surface area contributed by atoms with Crippen molar-refractivity contribution in [3.05, 3.63) is 0 Å². The van der Waals surface area contributed by atoms with Gasteiger partial charge in [0.15, 0.2) is 0 Å². The van der Waals surface area contributed by atoms with Crippen molar-refractivity contribution < 1.29 is 19.3 Å². The summed E-state index contributed by atoms with van der Waals surface area (Å²) in [4.78, 5) is 31.7. The quantitative estimate of drug-likeness (QED) is 0.513. The first-order valence-electron chi connectivity index (χ1n) is 5.27. The molecule has 0 aliphatic heterocycles. The number of nitrogens with one attached hydrogen (secondary N) is 2. The molecular formula is C10H20N2O4. The van der Waals surface area contributed by atoms with E-state index in [0.717, 1.165) is 0 Å². The summed E-state index contributed by atoms with van der Waals surface area (Å²) in [5.74, 6) is -1.19. The lowest BCUT2D eigenvalue weighted by Crippen LogP contribution is -2.40. The molecule has 94 valence electrons. The first-order valence-corrected chi connectivity index (χ1v) is 5.27. The molecule has 0 aromatic carbocycles. The molecule has 0 unspecified atom stereocenters. The Labute approximate surface area is 95.6 Å². The Balaban J connectivity index is 3.62. The van der Waals surface area contributed by atoms with Crippen LogP contribution in [-0.4, -0.2) is 25.0 Å². The Morgan fingerprint density at radius 3 is 1.44 bits per heavy atom. The highest BCUT2D eigenvalue weighted by Gasteiger charge is 2.13. The maximum absolute atomic E-state index is 11.1. The summed E-state index contributed by atoms with van der Waals surface area (Å²) >= 11 is 0. The highest BCUT2D eigenvalue weighted by Crippen LogP contribution is 1.90. The van der Waals surface area contributed by atoms with Gasteiger partial charge in [-0.2, -0.15) is 0 Å². The number of amides is 2. The molecule has 0 fully saturated rings. The summed E-state index contributed by atoms with van der Waals surface area (Å²) in [7, 11) is 0. The Kier molecular flexibility index (Phi) is 7.49. The van der Waals surface area contributed by atoms with Crippen LogP contribution in [0, 0.1) is 11.8 Å². The van der Waals surface area contributed by atoms with Gasteiger partial charge in [-0.3, -0.25) is 19.3 Å². The van der Waals surface area contributed by atoms with Crippen LogP contribution >= 0.6 is 0 Å². The molecule has 0 radical (unpaired) electrons. The Hall–Kier alpha value is -1.14. The fourth-order valence-electron chi connectivity index (χ4n) is 0.640. The number of hydrogen-bond donors (Lipinski definition) is 2. The lowest BCUT2D eigenvalue weighted by molar-refractivity contribution is -0.154. The van der Waals surface area contributed by atoms with Crippen molar-refractivity contribution in [1.82, 2.24) is 11.0 Å². The number of carbonyl (C=O) groups excluding carboxylic acids is 2. The topological polar surface area (TPSA) is 76.7 Å². The van der Waals surface area contributed by atoms with E-state index in [2.05, 4.69) is 0 Å². The number of rotatable bonds is 6. The first kappa shape index (κ1) is 14.9. The van der Waals surface area contributed by atoms with Gasteiger partial charge in [-0.15, -0.1) is 0 Å². The van der Waals surface area contributed by atoms with Crippen molar-refractivity contribution in [3.63, 3.8) is 0 Å². The Morgan fingerprint density at radius 2 is 1.19 bits per heavy atom. The predicted molar refractivity (Wildman–Crippen MR) is 57.9 cm³/mol. The van der Waals surface area contributed by atoms with Crippen LogP contribution in [0.2, 0.25) is 0 Å². The van der Waals surface area contributed by atoms with E-state index >= 15 is 0 Å². The van der Waals surface area contributed by atoms with Crippen LogP contribution in [0.5, 0.6) is 0 Å². The molecule has 0 saturated carbocycles. The van der Waals surface area contributed by atoms with Gasteiger partial charge in [0.1, 0.15) is 0 Å². The van der Waals surface area contributed by atoms with Gasteiger partial charge in [-0.05, 0) is 11.8 Å². The van der Waals surface area contributed by atoms with Gasteiger partial charge in [0.2, 0.25) is 0 Å². The average molecular weight is 232 g/mol. The summed E-state index contributed by atoms with van der Waals surface area (Å²) in [5, 5.41) is 0. The van der Waals surface area contributed by atoms with E-state index in [1.165, 1.54) is 0 Å². The largest absolute Gasteiger partial charge is 0.335 e. The van der Waals surface area contributed by atoms with Gasteiger partial charge in [0.05, 0.1) is 13.2 Å². The summed E-state index contributed by atoms with van der Waals surface area (Å²) in [6.45, 7) is 8.42. The summed E-state index contributed by atoms with van der Waals surface area (Å²) < 4.78 is 0. The van der Waals surface area contributed by atoms with Gasteiger partial charge in [0, 0.05) is 0 Å². The molecule has 2 N–H and O–H groups in total. The molecule has 0 aliphatic carbocycles. The zero-order valence-corrected chi connectivity index (χ0v) is 10.2. The molecule has 0 aromatic rings. The zero-order chi connectivity index (χ0) is 12.6. The van der Waals surface area contributed by atoms with E-state index in [4.69, 9.17) is 9.68 Å². The summed E-state index contributed by atoms with van der Waals surface area (Å²) in [6, 6.07) is 0. The van der Waals surface area contributed by atoms with Crippen LogP contribution in [0.4, 0.5) is 0 Å². The monoisotopic (exact) mass is 232 g/mol. The lowest BCUT2D eigenvalue weighted by atomic mass is 10.2. The van der Waals surface area contributed by atoms with Crippen molar-refractivity contribution >= 4 is 11.8 Å². The van der Waals surface area contributed by atoms with Crippen molar-refractivity contribution in [3.8, 4) is 0 Å². The molecule has 0 bridgehead atoms. The molecule has 6 nitrogen and oxygen atoms in total. The van der Waals surface area contributed by atoms with Crippen LogP contribution in [0.1, 0.15) is 27.7 Å². The van der Waals surface area contributed by atoms with Crippen LogP contribution in [0.15, 0.2) is 0 Å². The van der Waals surface area contributed by atoms with E-state index in [1.807, 2.05) is 38.7 Å². The standard InChI is InChI=1S/C10H20N2O4/c1-7(2)5-15-11-9(13)10(14)12-16-6-8(3)4/h7-8H,5-6H2,1-4H3,(H,11,13)(H,12,14). The van der Waals surface area contributed by atoms with Gasteiger partial charge < -0.3 is 0 Å². The third kappa shape index (κ3) is 8.19. The zero-order valence-electron chi connectivity index (χ0n) is 10.2. The van der Waals surface area contributed by atoms with Crippen LogP contribution < -0.4 is 11.0 Å². The van der Waals surface area contributed by atoms with Crippen LogP contribution in [0.25, 0.3) is 0 Å². The molecule has 16 heavy (non-hydrogen) atoms. The third-order valence-corrected chi connectivity index (χ3v) is 1.37. The maximum Gasteiger partial charge on any atom is 0.335 e. The van der Waals surface area contributed by atoms with Crippen LogP contribution in [0.3, 0.4) is 0 Å². The lowest BCUT2D eigenvalue weighted by Gasteiger charge is -2.09. The Morgan fingerprint density at radius 1 is 0.875 bits per heavy atom. The fraction of sp³-hybridized carbons (Fsp3) is 0.800. The second-order valence-electron chi connectivity index (χ2n) is 4.27. The van der Waals surface area contributed by atoms with Crippen molar-refractivity contribution in [2.24, 2.45) is 11.8 Å². The minimum Gasteiger partial charge on any atom is -0.273 e. The third-order valence-electron chi connectivity index (χ3n) is 1.37. The molecule has 0 spiro atoms. The number of carbonyl (C=O) groups is 2. The van der Waals surface area contributed by atoms with E-state index in [1.54, 1.807) is 0 Å². The van der Waals surface area contributed by atoms with E-state index in [9.17, 15) is 9.59 Å². The predicted octanol–water partition coefficient (Wildman–Crippen LogP) is 0.394. The second-order valence-corrected chi connectivity index (χ2v) is 4.27. The van der Waals surface area contributed by atoms with Crippen molar-refractivity contribution in [1.29, 1.82) is 0 Å². The SMILES string of the molecule is CC(C)CONC(=O)C(=O)NOCC(C)C. The molecule has 6 heteroatoms. The molecule has 0 atom stereocenters. The molecule has 0 rings (SSSR count). The van der Waals surface area contributed by atoms with Crippen molar-refractivity contribution in [2.75, 3.05) is 13.2 Å². The molecule has 0 aliphatic rings. The normalized spacial score (nSPS) is 10.6. The molecular weight excluding hydrogens is 212 g/mol. The van der Waals surface area contributed by atoms with Crippen molar-refractivity contribution in [2.45, 2.75) is 27.7 Å². The van der Waals surface area contributed by atoms with Gasteiger partial charge >= 0.3 is 11.8 Å². The molecule has 2 amide bonds.